The van der Waals surface area contributed by atoms with Gasteiger partial charge in [0.25, 0.3) is 0 Å². The summed E-state index contributed by atoms with van der Waals surface area (Å²) >= 11 is 0. The Morgan fingerprint density at radius 1 is 0.299 bits per heavy atom. The van der Waals surface area contributed by atoms with E-state index >= 15 is 0 Å². The maximum atomic E-state index is 12.8. The third-order valence-electron chi connectivity index (χ3n) is 10.6. The molecule has 6 heteroatoms. The molecule has 0 aliphatic carbocycles. The Balaban J connectivity index is 4.52. The molecule has 0 heterocycles. The number of carbonyl (C=O) groups excluding carboxylic acids is 3. The molecule has 1 atom stereocenters. The van der Waals surface area contributed by atoms with Gasteiger partial charge in [0.1, 0.15) is 13.2 Å². The average molecular weight is 925 g/mol. The predicted octanol–water partition coefficient (Wildman–Crippen LogP) is 17.9. The van der Waals surface area contributed by atoms with Crippen LogP contribution in [-0.4, -0.2) is 37.2 Å². The van der Waals surface area contributed by atoms with Gasteiger partial charge in [0.05, 0.1) is 0 Å². The largest absolute Gasteiger partial charge is 0.462 e. The van der Waals surface area contributed by atoms with Crippen molar-refractivity contribution in [3.63, 3.8) is 0 Å². The van der Waals surface area contributed by atoms with E-state index in [0.29, 0.717) is 19.3 Å². The Hall–Kier alpha value is -4.45. The first-order valence-corrected chi connectivity index (χ1v) is 26.7. The summed E-state index contributed by atoms with van der Waals surface area (Å²) in [6.45, 7) is 6.22. The summed E-state index contributed by atoms with van der Waals surface area (Å²) in [6.07, 6.45) is 75.8. The minimum absolute atomic E-state index is 0.113. The van der Waals surface area contributed by atoms with Crippen LogP contribution in [0.4, 0.5) is 0 Å². The Morgan fingerprint density at radius 2 is 0.537 bits per heavy atom. The molecule has 0 saturated heterocycles. The number of rotatable bonds is 46. The minimum Gasteiger partial charge on any atom is -0.462 e. The van der Waals surface area contributed by atoms with E-state index in [1.807, 2.05) is 0 Å². The van der Waals surface area contributed by atoms with Gasteiger partial charge >= 0.3 is 17.9 Å². The number of allylic oxidation sites excluding steroid dienone is 22. The summed E-state index contributed by atoms with van der Waals surface area (Å²) in [5, 5.41) is 0. The third kappa shape index (κ3) is 52.4. The molecule has 0 aromatic rings. The van der Waals surface area contributed by atoms with Crippen molar-refractivity contribution in [3.8, 4) is 0 Å². The summed E-state index contributed by atoms with van der Waals surface area (Å²) in [5.74, 6) is -0.990. The number of esters is 3. The monoisotopic (exact) mass is 925 g/mol. The van der Waals surface area contributed by atoms with Gasteiger partial charge in [0.15, 0.2) is 6.10 Å². The van der Waals surface area contributed by atoms with Crippen molar-refractivity contribution in [2.24, 2.45) is 0 Å². The molecule has 1 unspecified atom stereocenters. The molecule has 67 heavy (non-hydrogen) atoms. The second-order valence-corrected chi connectivity index (χ2v) is 17.0. The van der Waals surface area contributed by atoms with E-state index in [2.05, 4.69) is 154 Å². The molecule has 0 bridgehead atoms. The van der Waals surface area contributed by atoms with Gasteiger partial charge in [-0.05, 0) is 128 Å². The van der Waals surface area contributed by atoms with E-state index in [1.54, 1.807) is 0 Å². The van der Waals surface area contributed by atoms with Crippen LogP contribution in [0, 0.1) is 0 Å². The van der Waals surface area contributed by atoms with Crippen LogP contribution in [0.1, 0.15) is 213 Å². The van der Waals surface area contributed by atoms with Crippen LogP contribution in [0.15, 0.2) is 134 Å². The fraction of sp³-hybridized carbons (Fsp3) is 0.590. The molecule has 0 radical (unpaired) electrons. The van der Waals surface area contributed by atoms with E-state index in [0.717, 1.165) is 154 Å². The summed E-state index contributed by atoms with van der Waals surface area (Å²) < 4.78 is 16.8. The molecule has 376 valence electrons. The topological polar surface area (TPSA) is 78.9 Å². The highest BCUT2D eigenvalue weighted by atomic mass is 16.6. The summed E-state index contributed by atoms with van der Waals surface area (Å²) in [5.41, 5.74) is 0. The third-order valence-corrected chi connectivity index (χ3v) is 10.6. The number of carbonyl (C=O) groups is 3. The van der Waals surface area contributed by atoms with Gasteiger partial charge in [0, 0.05) is 19.3 Å². The van der Waals surface area contributed by atoms with Crippen molar-refractivity contribution in [1.29, 1.82) is 0 Å². The van der Waals surface area contributed by atoms with Gasteiger partial charge in [-0.15, -0.1) is 0 Å². The minimum atomic E-state index is -0.814. The first-order valence-electron chi connectivity index (χ1n) is 26.7. The van der Waals surface area contributed by atoms with Crippen molar-refractivity contribution < 1.29 is 28.6 Å². The Kier molecular flexibility index (Phi) is 50.6. The van der Waals surface area contributed by atoms with Gasteiger partial charge in [0.2, 0.25) is 0 Å². The van der Waals surface area contributed by atoms with Crippen molar-refractivity contribution >= 4 is 17.9 Å². The molecule has 0 rings (SSSR count). The molecular weight excluding hydrogens is 829 g/mol. The lowest BCUT2D eigenvalue weighted by Gasteiger charge is -2.18. The fourth-order valence-corrected chi connectivity index (χ4v) is 6.73. The van der Waals surface area contributed by atoms with Gasteiger partial charge in [-0.2, -0.15) is 0 Å². The highest BCUT2D eigenvalue weighted by molar-refractivity contribution is 5.71. The highest BCUT2D eigenvalue weighted by Crippen LogP contribution is 2.13. The fourth-order valence-electron chi connectivity index (χ4n) is 6.73. The summed E-state index contributed by atoms with van der Waals surface area (Å²) in [7, 11) is 0. The maximum absolute atomic E-state index is 12.8. The molecule has 6 nitrogen and oxygen atoms in total. The Bertz CT molecular complexity index is 1480. The zero-order valence-electron chi connectivity index (χ0n) is 42.9. The van der Waals surface area contributed by atoms with Crippen molar-refractivity contribution in [1.82, 2.24) is 0 Å². The SMILES string of the molecule is CC/C=C\C/C=C\C/C=C\C/C=C\C/C=C\CCCCCC(=O)OCC(COC(=O)CCCCC/C=C\C/C=C\C/C=C\CC)OC(=O)CCCCCCCCC/C=C\C/C=C\C/C=C\CC. The first kappa shape index (κ1) is 62.5. The highest BCUT2D eigenvalue weighted by Gasteiger charge is 2.19. The summed E-state index contributed by atoms with van der Waals surface area (Å²) in [6, 6.07) is 0. The van der Waals surface area contributed by atoms with Gasteiger partial charge in [-0.3, -0.25) is 14.4 Å². The lowest BCUT2D eigenvalue weighted by molar-refractivity contribution is -0.167. The van der Waals surface area contributed by atoms with Crippen LogP contribution in [0.25, 0.3) is 0 Å². The van der Waals surface area contributed by atoms with E-state index < -0.39 is 6.10 Å². The lowest BCUT2D eigenvalue weighted by atomic mass is 10.1. The zero-order chi connectivity index (χ0) is 48.6. The molecule has 0 aromatic heterocycles. The number of hydrogen-bond acceptors (Lipinski definition) is 6. The van der Waals surface area contributed by atoms with Crippen LogP contribution >= 0.6 is 0 Å². The number of ether oxygens (including phenoxy) is 3. The van der Waals surface area contributed by atoms with Gasteiger partial charge in [-0.25, -0.2) is 0 Å². The van der Waals surface area contributed by atoms with E-state index in [-0.39, 0.29) is 31.1 Å². The molecule has 0 N–H and O–H groups in total. The average Bonchev–Trinajstić information content (AvgIpc) is 3.33. The smallest absolute Gasteiger partial charge is 0.306 e. The van der Waals surface area contributed by atoms with E-state index in [1.165, 1.54) is 19.3 Å². The van der Waals surface area contributed by atoms with Crippen LogP contribution in [0.2, 0.25) is 0 Å². The number of unbranched alkanes of at least 4 members (excludes halogenated alkanes) is 13. The van der Waals surface area contributed by atoms with Crippen molar-refractivity contribution in [2.45, 2.75) is 219 Å². The van der Waals surface area contributed by atoms with Crippen molar-refractivity contribution in [2.75, 3.05) is 13.2 Å². The van der Waals surface area contributed by atoms with Crippen LogP contribution in [-0.2, 0) is 28.6 Å². The van der Waals surface area contributed by atoms with Crippen LogP contribution in [0.5, 0.6) is 0 Å². The van der Waals surface area contributed by atoms with Crippen LogP contribution < -0.4 is 0 Å². The molecule has 0 saturated carbocycles. The first-order chi connectivity index (χ1) is 33.0. The van der Waals surface area contributed by atoms with E-state index in [4.69, 9.17) is 14.2 Å². The predicted molar refractivity (Wildman–Crippen MR) is 288 cm³/mol. The van der Waals surface area contributed by atoms with E-state index in [9.17, 15) is 14.4 Å². The molecule has 0 aliphatic heterocycles. The Morgan fingerprint density at radius 3 is 0.851 bits per heavy atom. The zero-order valence-corrected chi connectivity index (χ0v) is 42.9. The quantitative estimate of drug-likeness (QED) is 0.0262. The molecular formula is C61H96O6. The molecule has 0 spiro atoms. The second kappa shape index (κ2) is 54.2. The lowest BCUT2D eigenvalue weighted by Crippen LogP contribution is -2.30. The Labute approximate surface area is 411 Å². The molecule has 0 aliphatic rings. The number of hydrogen-bond donors (Lipinski definition) is 0. The molecule has 0 aromatic carbocycles. The summed E-state index contributed by atoms with van der Waals surface area (Å²) in [4.78, 5) is 38.1. The van der Waals surface area contributed by atoms with Crippen molar-refractivity contribution in [3.05, 3.63) is 134 Å². The standard InChI is InChI=1S/C61H96O6/c1-4-7-10-13-16-19-22-25-27-29-30-32-33-36-39-42-45-48-51-54-60(63)66-57-58(56-65-59(62)53-50-47-44-41-38-35-24-21-18-15-12-9-6-3)67-61(64)55-52-49-46-43-40-37-34-31-28-26-23-20-17-14-11-8-5-2/h7-12,16-21,25-28,30,32,35-36,38-39,58H,4-6,13-15,22-24,29,31,33-34,37,40-57H2,1-3H3/b10-7-,11-8-,12-9-,19-16-,20-17-,21-18-,27-25-,28-26-,32-30-,38-35-,39-36-. The normalized spacial score (nSPS) is 13.2. The van der Waals surface area contributed by atoms with Gasteiger partial charge in [-0.1, -0.05) is 199 Å². The molecule has 0 amide bonds. The molecule has 0 fully saturated rings. The second-order valence-electron chi connectivity index (χ2n) is 17.0. The van der Waals surface area contributed by atoms with Gasteiger partial charge < -0.3 is 14.2 Å². The maximum Gasteiger partial charge on any atom is 0.306 e. The van der Waals surface area contributed by atoms with Crippen LogP contribution in [0.3, 0.4) is 0 Å².